The van der Waals surface area contributed by atoms with Gasteiger partial charge in [-0.05, 0) is 49.7 Å². The van der Waals surface area contributed by atoms with Crippen LogP contribution in [0.5, 0.6) is 0 Å². The molecule has 0 aromatic heterocycles. The predicted octanol–water partition coefficient (Wildman–Crippen LogP) is 3.95. The summed E-state index contributed by atoms with van der Waals surface area (Å²) >= 11 is 11.7. The van der Waals surface area contributed by atoms with Crippen molar-refractivity contribution in [2.45, 2.75) is 18.2 Å². The van der Waals surface area contributed by atoms with Crippen molar-refractivity contribution in [1.82, 2.24) is 5.32 Å². The quantitative estimate of drug-likeness (QED) is 0.589. The standard InChI is InChI=1S/C18H20Cl2N2O4S/c1-2-26-10-4-9-21-18(23)13-5-3-6-14(11-13)22-27(24,25)15-7-8-16(19)17(20)12-15/h3,5-8,11-12,22H,2,4,9-10H2,1H3,(H,21,23). The molecule has 0 bridgehead atoms. The molecule has 0 heterocycles. The molecule has 0 aliphatic rings. The Balaban J connectivity index is 2.06. The SMILES string of the molecule is CCOCCCNC(=O)c1cccc(NS(=O)(=O)c2ccc(Cl)c(Cl)c2)c1. The lowest BCUT2D eigenvalue weighted by molar-refractivity contribution is 0.0944. The Kier molecular flexibility index (Phi) is 7.91. The van der Waals surface area contributed by atoms with E-state index in [9.17, 15) is 13.2 Å². The van der Waals surface area contributed by atoms with Crippen LogP contribution in [0.4, 0.5) is 5.69 Å². The zero-order valence-electron chi connectivity index (χ0n) is 14.7. The van der Waals surface area contributed by atoms with Crippen LogP contribution in [0.25, 0.3) is 0 Å². The average molecular weight is 431 g/mol. The topological polar surface area (TPSA) is 84.5 Å². The average Bonchev–Trinajstić information content (AvgIpc) is 2.63. The van der Waals surface area contributed by atoms with Gasteiger partial charge in [-0.1, -0.05) is 29.3 Å². The summed E-state index contributed by atoms with van der Waals surface area (Å²) in [5, 5.41) is 3.17. The van der Waals surface area contributed by atoms with E-state index < -0.39 is 10.0 Å². The van der Waals surface area contributed by atoms with Crippen molar-refractivity contribution >= 4 is 44.8 Å². The molecule has 2 rings (SSSR count). The highest BCUT2D eigenvalue weighted by Crippen LogP contribution is 2.26. The summed E-state index contributed by atoms with van der Waals surface area (Å²) in [6.45, 7) is 3.58. The van der Waals surface area contributed by atoms with Crippen LogP contribution in [0, 0.1) is 0 Å². The van der Waals surface area contributed by atoms with Gasteiger partial charge in [0.1, 0.15) is 0 Å². The molecule has 2 aromatic carbocycles. The second-order valence-electron chi connectivity index (χ2n) is 5.57. The van der Waals surface area contributed by atoms with E-state index in [2.05, 4.69) is 10.0 Å². The summed E-state index contributed by atoms with van der Waals surface area (Å²) in [5.41, 5.74) is 0.615. The van der Waals surface area contributed by atoms with Gasteiger partial charge in [-0.25, -0.2) is 8.42 Å². The molecule has 0 unspecified atom stereocenters. The molecule has 2 N–H and O–H groups in total. The first kappa shape index (κ1) is 21.5. The molecule has 0 spiro atoms. The van der Waals surface area contributed by atoms with Crippen LogP contribution in [-0.2, 0) is 14.8 Å². The molecule has 0 saturated carbocycles. The number of rotatable bonds is 9. The van der Waals surface area contributed by atoms with Crippen LogP contribution < -0.4 is 10.0 Å². The molecule has 0 fully saturated rings. The zero-order chi connectivity index (χ0) is 19.9. The molecule has 9 heteroatoms. The second-order valence-corrected chi connectivity index (χ2v) is 8.07. The number of anilines is 1. The molecule has 0 saturated heterocycles. The summed E-state index contributed by atoms with van der Waals surface area (Å²) in [6, 6.07) is 10.3. The van der Waals surface area contributed by atoms with Crippen molar-refractivity contribution in [3.8, 4) is 0 Å². The summed E-state index contributed by atoms with van der Waals surface area (Å²) in [4.78, 5) is 12.2. The maximum atomic E-state index is 12.5. The largest absolute Gasteiger partial charge is 0.382 e. The summed E-state index contributed by atoms with van der Waals surface area (Å²) in [7, 11) is -3.86. The first-order valence-corrected chi connectivity index (χ1v) is 10.5. The minimum absolute atomic E-state index is 0.0253. The number of halogens is 2. The number of ether oxygens (including phenoxy) is 1. The molecule has 0 aliphatic heterocycles. The number of hydrogen-bond donors (Lipinski definition) is 2. The Labute approximate surface area is 168 Å². The van der Waals surface area contributed by atoms with Crippen LogP contribution >= 0.6 is 23.2 Å². The molecule has 1 amide bonds. The van der Waals surface area contributed by atoms with Crippen molar-refractivity contribution in [3.05, 3.63) is 58.1 Å². The third-order valence-electron chi connectivity index (χ3n) is 3.53. The van der Waals surface area contributed by atoms with Crippen molar-refractivity contribution < 1.29 is 17.9 Å². The number of benzene rings is 2. The molecule has 0 atom stereocenters. The number of carbonyl (C=O) groups is 1. The van der Waals surface area contributed by atoms with Gasteiger partial charge < -0.3 is 10.1 Å². The normalized spacial score (nSPS) is 11.2. The van der Waals surface area contributed by atoms with E-state index in [0.717, 1.165) is 0 Å². The van der Waals surface area contributed by atoms with Crippen LogP contribution in [0.1, 0.15) is 23.7 Å². The fourth-order valence-electron chi connectivity index (χ4n) is 2.20. The van der Waals surface area contributed by atoms with E-state index in [1.54, 1.807) is 18.2 Å². The highest BCUT2D eigenvalue weighted by molar-refractivity contribution is 7.92. The van der Waals surface area contributed by atoms with Crippen LogP contribution in [-0.4, -0.2) is 34.1 Å². The summed E-state index contributed by atoms with van der Waals surface area (Å²) in [5.74, 6) is -0.290. The summed E-state index contributed by atoms with van der Waals surface area (Å²) < 4.78 is 32.6. The van der Waals surface area contributed by atoms with E-state index in [4.69, 9.17) is 27.9 Å². The molecule has 27 heavy (non-hydrogen) atoms. The van der Waals surface area contributed by atoms with Gasteiger partial charge in [0, 0.05) is 31.0 Å². The van der Waals surface area contributed by atoms with Gasteiger partial charge in [0.15, 0.2) is 0 Å². The molecular formula is C18H20Cl2N2O4S. The number of nitrogens with one attached hydrogen (secondary N) is 2. The smallest absolute Gasteiger partial charge is 0.261 e. The van der Waals surface area contributed by atoms with Crippen molar-refractivity contribution in [3.63, 3.8) is 0 Å². The Hall–Kier alpha value is -1.80. The van der Waals surface area contributed by atoms with E-state index >= 15 is 0 Å². The number of amides is 1. The van der Waals surface area contributed by atoms with Gasteiger partial charge in [-0.15, -0.1) is 0 Å². The third kappa shape index (κ3) is 6.39. The van der Waals surface area contributed by atoms with Gasteiger partial charge in [0.05, 0.1) is 14.9 Å². The minimum atomic E-state index is -3.86. The highest BCUT2D eigenvalue weighted by Gasteiger charge is 2.16. The Morgan fingerprint density at radius 1 is 1.11 bits per heavy atom. The Bertz CT molecular complexity index is 904. The van der Waals surface area contributed by atoms with Crippen molar-refractivity contribution in [1.29, 1.82) is 0 Å². The van der Waals surface area contributed by atoms with E-state index in [1.165, 1.54) is 24.3 Å². The minimum Gasteiger partial charge on any atom is -0.382 e. The third-order valence-corrected chi connectivity index (χ3v) is 5.65. The van der Waals surface area contributed by atoms with E-state index in [-0.39, 0.29) is 26.5 Å². The Morgan fingerprint density at radius 2 is 1.89 bits per heavy atom. The molecule has 2 aromatic rings. The molecule has 6 nitrogen and oxygen atoms in total. The fourth-order valence-corrected chi connectivity index (χ4v) is 3.64. The second kappa shape index (κ2) is 9.94. The van der Waals surface area contributed by atoms with Gasteiger partial charge in [-0.2, -0.15) is 0 Å². The van der Waals surface area contributed by atoms with Crippen LogP contribution in [0.2, 0.25) is 10.0 Å². The maximum absolute atomic E-state index is 12.5. The lowest BCUT2D eigenvalue weighted by Crippen LogP contribution is -2.25. The first-order chi connectivity index (χ1) is 12.8. The highest BCUT2D eigenvalue weighted by atomic mass is 35.5. The van der Waals surface area contributed by atoms with Crippen molar-refractivity contribution in [2.24, 2.45) is 0 Å². The fraction of sp³-hybridized carbons (Fsp3) is 0.278. The van der Waals surface area contributed by atoms with Gasteiger partial charge in [0.25, 0.3) is 15.9 Å². The van der Waals surface area contributed by atoms with Gasteiger partial charge >= 0.3 is 0 Å². The van der Waals surface area contributed by atoms with Crippen LogP contribution in [0.3, 0.4) is 0 Å². The first-order valence-electron chi connectivity index (χ1n) is 8.27. The monoisotopic (exact) mass is 430 g/mol. The lowest BCUT2D eigenvalue weighted by Gasteiger charge is -2.10. The van der Waals surface area contributed by atoms with Gasteiger partial charge in [0.2, 0.25) is 0 Å². The molecule has 146 valence electrons. The molecule has 0 aliphatic carbocycles. The van der Waals surface area contributed by atoms with Gasteiger partial charge in [-0.3, -0.25) is 9.52 Å². The number of sulfonamides is 1. The predicted molar refractivity (Wildman–Crippen MR) is 107 cm³/mol. The molecular weight excluding hydrogens is 411 g/mol. The van der Waals surface area contributed by atoms with E-state index in [0.29, 0.717) is 31.7 Å². The summed E-state index contributed by atoms with van der Waals surface area (Å²) in [6.07, 6.45) is 0.698. The van der Waals surface area contributed by atoms with Crippen LogP contribution in [0.15, 0.2) is 47.4 Å². The zero-order valence-corrected chi connectivity index (χ0v) is 17.0. The maximum Gasteiger partial charge on any atom is 0.261 e. The van der Waals surface area contributed by atoms with E-state index in [1.807, 2.05) is 6.92 Å². The number of carbonyl (C=O) groups excluding carboxylic acids is 1. The number of hydrogen-bond acceptors (Lipinski definition) is 4. The molecule has 0 radical (unpaired) electrons. The lowest BCUT2D eigenvalue weighted by atomic mass is 10.2. The Morgan fingerprint density at radius 3 is 2.59 bits per heavy atom. The van der Waals surface area contributed by atoms with Crippen molar-refractivity contribution in [2.75, 3.05) is 24.5 Å².